The fraction of sp³-hybridized carbons (Fsp3) is 0.259. The van der Waals surface area contributed by atoms with E-state index < -0.39 is 18.7 Å². The van der Waals surface area contributed by atoms with E-state index in [0.29, 0.717) is 44.0 Å². The number of aromatic nitrogens is 3. The van der Waals surface area contributed by atoms with E-state index in [1.807, 2.05) is 0 Å². The van der Waals surface area contributed by atoms with Gasteiger partial charge in [0.1, 0.15) is 12.3 Å². The summed E-state index contributed by atoms with van der Waals surface area (Å²) in [5.41, 5.74) is 2.49. The number of halogens is 3. The van der Waals surface area contributed by atoms with Crippen molar-refractivity contribution in [2.24, 2.45) is 0 Å². The molecule has 0 spiro atoms. The summed E-state index contributed by atoms with van der Waals surface area (Å²) in [4.78, 5) is 25.0. The summed E-state index contributed by atoms with van der Waals surface area (Å²) in [6.07, 6.45) is -1.66. The minimum atomic E-state index is -4.42. The highest BCUT2D eigenvalue weighted by molar-refractivity contribution is 7.97. The molecule has 0 radical (unpaired) electrons. The van der Waals surface area contributed by atoms with E-state index in [9.17, 15) is 23.1 Å². The van der Waals surface area contributed by atoms with E-state index in [0.717, 1.165) is 11.9 Å². The highest BCUT2D eigenvalue weighted by Gasteiger charge is 2.27. The zero-order valence-corrected chi connectivity index (χ0v) is 23.2. The van der Waals surface area contributed by atoms with E-state index in [2.05, 4.69) is 25.0 Å². The SMILES string of the molecule is COc1ncc(-c2ccc3c(Nc4cc(OC(C)C)cc(C(=O)O)c4)c(SNCC(F)(F)F)cnc3c2)c(OC)n1. The van der Waals surface area contributed by atoms with Gasteiger partial charge in [0, 0.05) is 29.5 Å². The molecule has 0 amide bonds. The highest BCUT2D eigenvalue weighted by atomic mass is 32.2. The number of benzene rings is 2. The first-order chi connectivity index (χ1) is 19.5. The molecule has 10 nitrogen and oxygen atoms in total. The number of fused-ring (bicyclic) bond motifs is 1. The fourth-order valence-corrected chi connectivity index (χ4v) is 4.59. The van der Waals surface area contributed by atoms with Gasteiger partial charge in [-0.2, -0.15) is 18.2 Å². The Bertz CT molecular complexity index is 1570. The number of alkyl halides is 3. The van der Waals surface area contributed by atoms with E-state index in [4.69, 9.17) is 14.2 Å². The second kappa shape index (κ2) is 12.5. The monoisotopic (exact) mass is 589 g/mol. The normalized spacial score (nSPS) is 11.5. The van der Waals surface area contributed by atoms with Gasteiger partial charge in [0.2, 0.25) is 5.88 Å². The van der Waals surface area contributed by atoms with Crippen molar-refractivity contribution >= 4 is 40.2 Å². The highest BCUT2D eigenvalue weighted by Crippen LogP contribution is 2.38. The molecule has 216 valence electrons. The maximum Gasteiger partial charge on any atom is 0.402 e. The smallest absolute Gasteiger partial charge is 0.402 e. The van der Waals surface area contributed by atoms with Gasteiger partial charge in [0.15, 0.2) is 0 Å². The molecule has 0 atom stereocenters. The summed E-state index contributed by atoms with van der Waals surface area (Å²) in [5.74, 6) is -0.566. The topological polar surface area (TPSA) is 128 Å². The largest absolute Gasteiger partial charge is 0.491 e. The summed E-state index contributed by atoms with van der Waals surface area (Å²) in [5, 5.41) is 13.4. The summed E-state index contributed by atoms with van der Waals surface area (Å²) in [7, 11) is 2.90. The van der Waals surface area contributed by atoms with Crippen LogP contribution >= 0.6 is 11.9 Å². The molecule has 4 rings (SSSR count). The number of hydrogen-bond donors (Lipinski definition) is 3. The molecule has 0 aliphatic heterocycles. The third kappa shape index (κ3) is 7.46. The van der Waals surface area contributed by atoms with Crippen molar-refractivity contribution in [1.82, 2.24) is 19.7 Å². The van der Waals surface area contributed by atoms with Crippen LogP contribution in [0.4, 0.5) is 24.5 Å². The number of methoxy groups -OCH3 is 2. The first-order valence-electron chi connectivity index (χ1n) is 12.1. The Morgan fingerprint density at radius 3 is 2.51 bits per heavy atom. The molecule has 3 N–H and O–H groups in total. The van der Waals surface area contributed by atoms with E-state index >= 15 is 0 Å². The van der Waals surface area contributed by atoms with Gasteiger partial charge < -0.3 is 24.6 Å². The van der Waals surface area contributed by atoms with Crippen LogP contribution in [0, 0.1) is 0 Å². The van der Waals surface area contributed by atoms with Gasteiger partial charge in [0.05, 0.1) is 47.6 Å². The van der Waals surface area contributed by atoms with Crippen LogP contribution in [0.15, 0.2) is 53.7 Å². The van der Waals surface area contributed by atoms with Crippen LogP contribution in [-0.2, 0) is 0 Å². The Balaban J connectivity index is 1.81. The molecule has 4 aromatic rings. The molecule has 2 aromatic carbocycles. The molecule has 0 fully saturated rings. The number of nitrogens with one attached hydrogen (secondary N) is 2. The average molecular weight is 590 g/mol. The molecule has 41 heavy (non-hydrogen) atoms. The van der Waals surface area contributed by atoms with Crippen LogP contribution in [0.25, 0.3) is 22.0 Å². The quantitative estimate of drug-likeness (QED) is 0.176. The average Bonchev–Trinajstić information content (AvgIpc) is 2.92. The zero-order valence-electron chi connectivity index (χ0n) is 22.4. The maximum absolute atomic E-state index is 12.8. The van der Waals surface area contributed by atoms with Crippen molar-refractivity contribution in [3.63, 3.8) is 0 Å². The summed E-state index contributed by atoms with van der Waals surface area (Å²) in [6, 6.07) is 9.82. The van der Waals surface area contributed by atoms with Crippen LogP contribution in [-0.4, -0.2) is 59.1 Å². The van der Waals surface area contributed by atoms with Crippen LogP contribution < -0.4 is 24.2 Å². The number of ether oxygens (including phenoxy) is 3. The number of aromatic carboxylic acids is 1. The van der Waals surface area contributed by atoms with Crippen molar-refractivity contribution in [2.75, 3.05) is 26.1 Å². The minimum Gasteiger partial charge on any atom is -0.491 e. The Morgan fingerprint density at radius 1 is 1.07 bits per heavy atom. The molecule has 2 aromatic heterocycles. The van der Waals surface area contributed by atoms with Crippen LogP contribution in [0.2, 0.25) is 0 Å². The van der Waals surface area contributed by atoms with Gasteiger partial charge in [-0.15, -0.1) is 0 Å². The number of hydrogen-bond acceptors (Lipinski definition) is 10. The molecular weight excluding hydrogens is 563 g/mol. The second-order valence-electron chi connectivity index (χ2n) is 8.89. The van der Waals surface area contributed by atoms with Crippen LogP contribution in [0.3, 0.4) is 0 Å². The van der Waals surface area contributed by atoms with Gasteiger partial charge in [-0.05, 0) is 49.6 Å². The standard InChI is InChI=1S/C27H26F3N5O5S/c1-14(2)40-18-8-16(25(36)37)7-17(10-18)34-23-19-6-5-15(20-11-32-26(39-4)35-24(20)38-3)9-21(19)31-12-22(23)41-33-13-27(28,29)30/h5-12,14,33H,13H2,1-4H3,(H,31,34)(H,36,37). The van der Waals surface area contributed by atoms with Crippen molar-refractivity contribution in [2.45, 2.75) is 31.0 Å². The van der Waals surface area contributed by atoms with E-state index in [1.165, 1.54) is 32.5 Å². The Labute approximate surface area is 237 Å². The number of carbonyl (C=O) groups is 1. The third-order valence-corrected chi connectivity index (χ3v) is 6.32. The summed E-state index contributed by atoms with van der Waals surface area (Å²) < 4.78 is 57.0. The van der Waals surface area contributed by atoms with Crippen molar-refractivity contribution in [3.8, 4) is 28.8 Å². The Hall–Kier alpha value is -4.30. The first kappa shape index (κ1) is 29.7. The van der Waals surface area contributed by atoms with Crippen molar-refractivity contribution in [3.05, 3.63) is 54.4 Å². The van der Waals surface area contributed by atoms with Gasteiger partial charge in [-0.1, -0.05) is 12.1 Å². The Kier molecular flexibility index (Phi) is 9.03. The number of nitrogens with zero attached hydrogens (tertiary/aromatic N) is 3. The number of rotatable bonds is 11. The molecule has 0 saturated carbocycles. The van der Waals surface area contributed by atoms with Gasteiger partial charge in [-0.3, -0.25) is 9.71 Å². The molecule has 0 saturated heterocycles. The zero-order chi connectivity index (χ0) is 29.7. The lowest BCUT2D eigenvalue weighted by Gasteiger charge is -2.18. The molecule has 14 heteroatoms. The lowest BCUT2D eigenvalue weighted by molar-refractivity contribution is -0.121. The molecule has 2 heterocycles. The van der Waals surface area contributed by atoms with Crippen LogP contribution in [0.5, 0.6) is 17.6 Å². The molecular formula is C27H26F3N5O5S. The lowest BCUT2D eigenvalue weighted by Crippen LogP contribution is -2.23. The molecule has 0 unspecified atom stereocenters. The third-order valence-electron chi connectivity index (χ3n) is 5.50. The first-order valence-corrected chi connectivity index (χ1v) is 13.0. The van der Waals surface area contributed by atoms with E-state index in [1.54, 1.807) is 44.3 Å². The number of anilines is 2. The Morgan fingerprint density at radius 2 is 1.85 bits per heavy atom. The molecule has 0 bridgehead atoms. The molecule has 0 aliphatic rings. The fourth-order valence-electron chi connectivity index (χ4n) is 3.83. The van der Waals surface area contributed by atoms with Gasteiger partial charge in [-0.25, -0.2) is 9.78 Å². The number of carboxylic acid groups (broad SMARTS) is 1. The number of carboxylic acids is 1. The van der Waals surface area contributed by atoms with Crippen LogP contribution in [0.1, 0.15) is 24.2 Å². The number of pyridine rings is 1. The maximum atomic E-state index is 12.8. The van der Waals surface area contributed by atoms with Crippen molar-refractivity contribution < 1.29 is 37.3 Å². The lowest BCUT2D eigenvalue weighted by atomic mass is 10.0. The van der Waals surface area contributed by atoms with Crippen molar-refractivity contribution in [1.29, 1.82) is 0 Å². The second-order valence-corrected chi connectivity index (χ2v) is 9.82. The summed E-state index contributed by atoms with van der Waals surface area (Å²) >= 11 is 0.748. The molecule has 0 aliphatic carbocycles. The predicted molar refractivity (Wildman–Crippen MR) is 148 cm³/mol. The van der Waals surface area contributed by atoms with Gasteiger partial charge in [0.25, 0.3) is 0 Å². The minimum absolute atomic E-state index is 0.0256. The van der Waals surface area contributed by atoms with Gasteiger partial charge >= 0.3 is 18.2 Å². The van der Waals surface area contributed by atoms with E-state index in [-0.39, 0.29) is 23.6 Å². The summed E-state index contributed by atoms with van der Waals surface area (Å²) in [6.45, 7) is 2.38. The predicted octanol–water partition coefficient (Wildman–Crippen LogP) is 6.10.